The predicted octanol–water partition coefficient (Wildman–Crippen LogP) is 2.57. The number of benzene rings is 2. The fourth-order valence-electron chi connectivity index (χ4n) is 3.38. The number of carbonyl (C=O) groups is 1. The molecular weight excluding hydrogens is 354 g/mol. The van der Waals surface area contributed by atoms with E-state index in [0.29, 0.717) is 30.9 Å². The summed E-state index contributed by atoms with van der Waals surface area (Å²) in [7, 11) is 0. The van der Waals surface area contributed by atoms with Crippen LogP contribution in [0.5, 0.6) is 0 Å². The van der Waals surface area contributed by atoms with Crippen LogP contribution in [0.25, 0.3) is 0 Å². The molecule has 0 aliphatic carbocycles. The molecule has 3 rings (SSSR count). The van der Waals surface area contributed by atoms with Crippen LogP contribution in [0.15, 0.2) is 42.5 Å². The number of morpholine rings is 1. The summed E-state index contributed by atoms with van der Waals surface area (Å²) >= 11 is 0. The molecule has 6 nitrogen and oxygen atoms in total. The molecular formula is C22H25N3O3. The molecule has 1 amide bonds. The molecule has 146 valence electrons. The van der Waals surface area contributed by atoms with E-state index >= 15 is 0 Å². The number of anilines is 1. The number of hydrogen-bond acceptors (Lipinski definition) is 5. The van der Waals surface area contributed by atoms with E-state index in [9.17, 15) is 9.90 Å². The molecule has 1 fully saturated rings. The molecule has 6 heteroatoms. The maximum atomic E-state index is 12.8. The number of rotatable bonds is 6. The Balaban J connectivity index is 1.73. The summed E-state index contributed by atoms with van der Waals surface area (Å²) in [6.45, 7) is 4.63. The third kappa shape index (κ3) is 4.76. The first-order valence-electron chi connectivity index (χ1n) is 9.50. The minimum atomic E-state index is -0.179. The number of aliphatic hydroxyl groups is 1. The van der Waals surface area contributed by atoms with Gasteiger partial charge in [-0.2, -0.15) is 5.26 Å². The Morgan fingerprint density at radius 2 is 2.21 bits per heavy atom. The van der Waals surface area contributed by atoms with Gasteiger partial charge in [-0.05, 0) is 47.9 Å². The SMILES string of the molecule is CCc1cc(C#N)ccc1NC(=O)c1cccc(CN2CCOCC2CO)c1. The van der Waals surface area contributed by atoms with Crippen molar-refractivity contribution in [2.45, 2.75) is 25.9 Å². The van der Waals surface area contributed by atoms with Gasteiger partial charge in [-0.15, -0.1) is 0 Å². The van der Waals surface area contributed by atoms with Crippen molar-refractivity contribution >= 4 is 11.6 Å². The zero-order valence-corrected chi connectivity index (χ0v) is 16.0. The Bertz CT molecular complexity index is 876. The van der Waals surface area contributed by atoms with E-state index < -0.39 is 0 Å². The molecule has 2 aromatic carbocycles. The molecule has 1 aliphatic heterocycles. The highest BCUT2D eigenvalue weighted by Crippen LogP contribution is 2.20. The third-order valence-corrected chi connectivity index (χ3v) is 5.00. The van der Waals surface area contributed by atoms with Crippen LogP contribution >= 0.6 is 0 Å². The van der Waals surface area contributed by atoms with Gasteiger partial charge in [0.1, 0.15) is 0 Å². The van der Waals surface area contributed by atoms with Gasteiger partial charge in [0.25, 0.3) is 5.91 Å². The van der Waals surface area contributed by atoms with Crippen molar-refractivity contribution in [1.82, 2.24) is 4.90 Å². The Morgan fingerprint density at radius 1 is 1.36 bits per heavy atom. The fourth-order valence-corrected chi connectivity index (χ4v) is 3.38. The van der Waals surface area contributed by atoms with Crippen LogP contribution in [0.3, 0.4) is 0 Å². The number of amides is 1. The highest BCUT2D eigenvalue weighted by Gasteiger charge is 2.22. The first kappa shape index (κ1) is 20.0. The highest BCUT2D eigenvalue weighted by atomic mass is 16.5. The zero-order chi connectivity index (χ0) is 19.9. The van der Waals surface area contributed by atoms with Crippen LogP contribution in [0, 0.1) is 11.3 Å². The van der Waals surface area contributed by atoms with E-state index in [0.717, 1.165) is 29.8 Å². The van der Waals surface area contributed by atoms with E-state index in [1.54, 1.807) is 24.3 Å². The number of nitriles is 1. The molecule has 1 saturated heterocycles. The first-order valence-corrected chi connectivity index (χ1v) is 9.50. The van der Waals surface area contributed by atoms with Crippen LogP contribution in [-0.2, 0) is 17.7 Å². The molecule has 1 unspecified atom stereocenters. The van der Waals surface area contributed by atoms with Crippen molar-refractivity contribution in [2.75, 3.05) is 31.7 Å². The van der Waals surface area contributed by atoms with Gasteiger partial charge in [0.2, 0.25) is 0 Å². The van der Waals surface area contributed by atoms with Gasteiger partial charge in [0.15, 0.2) is 0 Å². The monoisotopic (exact) mass is 379 g/mol. The third-order valence-electron chi connectivity index (χ3n) is 5.00. The molecule has 0 saturated carbocycles. The average molecular weight is 379 g/mol. The lowest BCUT2D eigenvalue weighted by atomic mass is 10.1. The lowest BCUT2D eigenvalue weighted by Gasteiger charge is -2.34. The Morgan fingerprint density at radius 3 is 2.96 bits per heavy atom. The van der Waals surface area contributed by atoms with E-state index in [2.05, 4.69) is 16.3 Å². The minimum Gasteiger partial charge on any atom is -0.395 e. The van der Waals surface area contributed by atoms with Crippen LogP contribution in [0.4, 0.5) is 5.69 Å². The fraction of sp³-hybridized carbons (Fsp3) is 0.364. The number of carbonyl (C=O) groups excluding carboxylic acids is 1. The molecule has 0 bridgehead atoms. The summed E-state index contributed by atoms with van der Waals surface area (Å²) in [6.07, 6.45) is 0.727. The molecule has 2 aromatic rings. The molecule has 2 N–H and O–H groups in total. The second kappa shape index (κ2) is 9.47. The van der Waals surface area contributed by atoms with Gasteiger partial charge in [-0.3, -0.25) is 9.69 Å². The molecule has 0 aromatic heterocycles. The number of hydrogen-bond donors (Lipinski definition) is 2. The molecule has 0 radical (unpaired) electrons. The maximum Gasteiger partial charge on any atom is 0.255 e. The quantitative estimate of drug-likeness (QED) is 0.806. The summed E-state index contributed by atoms with van der Waals surface area (Å²) in [5.41, 5.74) is 3.84. The Kier molecular flexibility index (Phi) is 6.77. The lowest BCUT2D eigenvalue weighted by Crippen LogP contribution is -2.46. The van der Waals surface area contributed by atoms with Crippen LogP contribution in [0.1, 0.15) is 34.0 Å². The number of nitrogens with zero attached hydrogens (tertiary/aromatic N) is 2. The number of ether oxygens (including phenoxy) is 1. The van der Waals surface area contributed by atoms with Crippen LogP contribution < -0.4 is 5.32 Å². The van der Waals surface area contributed by atoms with Gasteiger partial charge in [0.05, 0.1) is 37.5 Å². The lowest BCUT2D eigenvalue weighted by molar-refractivity contribution is -0.0312. The molecule has 1 atom stereocenters. The van der Waals surface area contributed by atoms with E-state index in [1.807, 2.05) is 25.1 Å². The normalized spacial score (nSPS) is 17.1. The molecule has 1 aliphatic rings. The van der Waals surface area contributed by atoms with Gasteiger partial charge >= 0.3 is 0 Å². The van der Waals surface area contributed by atoms with Gasteiger partial charge in [-0.25, -0.2) is 0 Å². The summed E-state index contributed by atoms with van der Waals surface area (Å²) in [4.78, 5) is 14.9. The predicted molar refractivity (Wildman–Crippen MR) is 107 cm³/mol. The summed E-state index contributed by atoms with van der Waals surface area (Å²) in [5, 5.41) is 21.5. The topological polar surface area (TPSA) is 85.6 Å². The molecule has 0 spiro atoms. The van der Waals surface area contributed by atoms with Crippen molar-refractivity contribution in [2.24, 2.45) is 0 Å². The van der Waals surface area contributed by atoms with E-state index in [1.165, 1.54) is 0 Å². The van der Waals surface area contributed by atoms with Gasteiger partial charge in [0, 0.05) is 24.3 Å². The van der Waals surface area contributed by atoms with E-state index in [-0.39, 0.29) is 18.6 Å². The van der Waals surface area contributed by atoms with Gasteiger partial charge < -0.3 is 15.2 Å². The Labute approximate surface area is 165 Å². The molecule has 1 heterocycles. The number of nitrogens with one attached hydrogen (secondary N) is 1. The summed E-state index contributed by atoms with van der Waals surface area (Å²) < 4.78 is 5.42. The second-order valence-electron chi connectivity index (χ2n) is 6.87. The number of aryl methyl sites for hydroxylation is 1. The van der Waals surface area contributed by atoms with E-state index in [4.69, 9.17) is 10.00 Å². The van der Waals surface area contributed by atoms with Crippen molar-refractivity contribution in [3.8, 4) is 6.07 Å². The maximum absolute atomic E-state index is 12.8. The molecule has 28 heavy (non-hydrogen) atoms. The highest BCUT2D eigenvalue weighted by molar-refractivity contribution is 6.04. The van der Waals surface area contributed by atoms with Crippen molar-refractivity contribution < 1.29 is 14.6 Å². The summed E-state index contributed by atoms with van der Waals surface area (Å²) in [5.74, 6) is -0.179. The largest absolute Gasteiger partial charge is 0.395 e. The van der Waals surface area contributed by atoms with Crippen molar-refractivity contribution in [3.05, 3.63) is 64.7 Å². The van der Waals surface area contributed by atoms with Crippen LogP contribution in [-0.4, -0.2) is 48.3 Å². The standard InChI is InChI=1S/C22H25N3O3/c1-2-18-10-16(12-23)6-7-21(18)24-22(27)19-5-3-4-17(11-19)13-25-8-9-28-15-20(25)14-26/h3-7,10-11,20,26H,2,8-9,13-15H2,1H3,(H,24,27). The Hall–Kier alpha value is -2.72. The smallest absolute Gasteiger partial charge is 0.255 e. The van der Waals surface area contributed by atoms with Crippen molar-refractivity contribution in [1.29, 1.82) is 5.26 Å². The minimum absolute atomic E-state index is 0.0167. The van der Waals surface area contributed by atoms with Crippen LogP contribution in [0.2, 0.25) is 0 Å². The number of aliphatic hydroxyl groups excluding tert-OH is 1. The first-order chi connectivity index (χ1) is 13.6. The second-order valence-corrected chi connectivity index (χ2v) is 6.87. The zero-order valence-electron chi connectivity index (χ0n) is 16.0. The average Bonchev–Trinajstić information content (AvgIpc) is 2.74. The summed E-state index contributed by atoms with van der Waals surface area (Å²) in [6, 6.07) is 14.9. The van der Waals surface area contributed by atoms with Gasteiger partial charge in [-0.1, -0.05) is 19.1 Å². The van der Waals surface area contributed by atoms with Crippen molar-refractivity contribution in [3.63, 3.8) is 0 Å².